The number of quaternary nitrogens is 1. The van der Waals surface area contributed by atoms with Crippen LogP contribution in [-0.2, 0) is 14.3 Å². The van der Waals surface area contributed by atoms with Crippen LogP contribution < -0.4 is 16.0 Å². The van der Waals surface area contributed by atoms with Crippen molar-refractivity contribution in [1.82, 2.24) is 10.3 Å². The van der Waals surface area contributed by atoms with Gasteiger partial charge in [-0.25, -0.2) is 14.6 Å². The maximum Gasteiger partial charge on any atom is 0.408 e. The zero-order chi connectivity index (χ0) is 29.0. The maximum atomic E-state index is 12.8. The predicted molar refractivity (Wildman–Crippen MR) is 154 cm³/mol. The predicted octanol–water partition coefficient (Wildman–Crippen LogP) is 4.60. The number of hydrogen-bond donors (Lipinski definition) is 2. The molecule has 212 valence electrons. The molecular weight excluding hydrogens is 508 g/mol. The largest absolute Gasteiger partial charge is 0.458 e. The highest BCUT2D eigenvalue weighted by Crippen LogP contribution is 2.32. The number of amides is 1. The fourth-order valence-electron chi connectivity index (χ4n) is 4.53. The lowest BCUT2D eigenvalue weighted by atomic mass is 10.1. The minimum absolute atomic E-state index is 0.160. The molecule has 4 rings (SSSR count). The minimum atomic E-state index is -0.803. The number of benzene rings is 3. The quantitative estimate of drug-likeness (QED) is 0.109. The van der Waals surface area contributed by atoms with Gasteiger partial charge in [-0.05, 0) is 58.2 Å². The normalized spacial score (nSPS) is 13.2. The first-order valence-electron chi connectivity index (χ1n) is 13.7. The second kappa shape index (κ2) is 12.0. The van der Waals surface area contributed by atoms with Crippen LogP contribution in [0.25, 0.3) is 33.3 Å². The van der Waals surface area contributed by atoms with Crippen LogP contribution in [0.2, 0.25) is 0 Å². The van der Waals surface area contributed by atoms with Gasteiger partial charge in [0.2, 0.25) is 0 Å². The van der Waals surface area contributed by atoms with E-state index in [9.17, 15) is 9.59 Å². The average molecular weight is 548 g/mol. The number of esters is 1. The van der Waals surface area contributed by atoms with Gasteiger partial charge in [0.05, 0.1) is 5.36 Å². The summed E-state index contributed by atoms with van der Waals surface area (Å²) in [4.78, 5) is 34.5. The van der Waals surface area contributed by atoms with Gasteiger partial charge >= 0.3 is 12.1 Å². The molecule has 0 fully saturated rings. The van der Waals surface area contributed by atoms with Gasteiger partial charge in [0.25, 0.3) is 0 Å². The molecule has 9 heteroatoms. The Labute approximate surface area is 234 Å². The van der Waals surface area contributed by atoms with E-state index in [2.05, 4.69) is 10.3 Å². The Kier molecular flexibility index (Phi) is 8.73. The number of aromatic nitrogens is 1. The third-order valence-electron chi connectivity index (χ3n) is 6.39. The number of carbonyl (C=O) groups is 2. The monoisotopic (exact) mass is 547 g/mol. The fourth-order valence-corrected chi connectivity index (χ4v) is 4.53. The van der Waals surface area contributed by atoms with Gasteiger partial charge in [-0.3, -0.25) is 4.99 Å². The van der Waals surface area contributed by atoms with Crippen LogP contribution in [0.4, 0.5) is 10.5 Å². The van der Waals surface area contributed by atoms with E-state index in [0.29, 0.717) is 24.4 Å². The summed E-state index contributed by atoms with van der Waals surface area (Å²) in [6.07, 6.45) is -0.645. The Morgan fingerprint density at radius 3 is 2.52 bits per heavy atom. The van der Waals surface area contributed by atoms with Crippen molar-refractivity contribution in [2.45, 2.75) is 60.1 Å². The molecule has 0 radical (unpaired) electrons. The number of nitrogens with one attached hydrogen (secondary N) is 1. The van der Waals surface area contributed by atoms with E-state index in [4.69, 9.17) is 18.9 Å². The van der Waals surface area contributed by atoms with Crippen molar-refractivity contribution < 1.29 is 28.8 Å². The summed E-state index contributed by atoms with van der Waals surface area (Å²) >= 11 is 0. The van der Waals surface area contributed by atoms with Crippen LogP contribution in [0.3, 0.4) is 0 Å². The van der Waals surface area contributed by atoms with Crippen LogP contribution in [0.15, 0.2) is 51.9 Å². The summed E-state index contributed by atoms with van der Waals surface area (Å²) < 4.78 is 17.2. The van der Waals surface area contributed by atoms with Gasteiger partial charge in [-0.1, -0.05) is 32.0 Å². The van der Waals surface area contributed by atoms with Gasteiger partial charge in [0.1, 0.15) is 41.7 Å². The first kappa shape index (κ1) is 29.0. The molecule has 0 spiro atoms. The summed E-state index contributed by atoms with van der Waals surface area (Å²) in [5, 5.41) is 7.57. The second-order valence-corrected chi connectivity index (χ2v) is 11.2. The standard InChI is InChI=1S/C31H38N4O5/c1-8-32-22-16-25-24(15-19(22)4)34-28-21-12-10-9-11-20(21)23(17-26(28)39-25)33-13-14-38-29(36)27(18(2)3)35-30(37)40-31(5,6)7/h9-12,15-18,27,33H,8,13-14H2,1-7H3,(H,35,37)/p+1. The fraction of sp³-hybridized carbons (Fsp3) is 0.419. The number of aryl methyl sites for hydroxylation is 1. The van der Waals surface area contributed by atoms with Gasteiger partial charge in [-0.15, -0.1) is 0 Å². The smallest absolute Gasteiger partial charge is 0.408 e. The number of nitrogens with two attached hydrogens (primary N) is 1. The molecule has 1 heterocycles. The summed E-state index contributed by atoms with van der Waals surface area (Å²) in [5.41, 5.74) is 3.60. The van der Waals surface area contributed by atoms with Crippen molar-refractivity contribution in [3.05, 3.63) is 53.4 Å². The van der Waals surface area contributed by atoms with Crippen molar-refractivity contribution in [2.75, 3.05) is 19.7 Å². The number of hydrogen-bond acceptors (Lipinski definition) is 7. The van der Waals surface area contributed by atoms with Crippen molar-refractivity contribution in [3.63, 3.8) is 0 Å². The number of alkyl carbamates (subject to hydrolysis) is 1. The Bertz CT molecular complexity index is 1570. The molecule has 2 aliphatic rings. The molecule has 0 saturated heterocycles. The van der Waals surface area contributed by atoms with E-state index in [1.165, 1.54) is 0 Å². The molecule has 0 bridgehead atoms. The van der Waals surface area contributed by atoms with Crippen molar-refractivity contribution in [3.8, 4) is 11.5 Å². The molecule has 2 aromatic rings. The first-order chi connectivity index (χ1) is 19.0. The summed E-state index contributed by atoms with van der Waals surface area (Å²) in [6.45, 7) is 14.4. The molecule has 1 aliphatic carbocycles. The van der Waals surface area contributed by atoms with E-state index in [1.807, 2.05) is 75.5 Å². The first-order valence-corrected chi connectivity index (χ1v) is 13.7. The van der Waals surface area contributed by atoms with E-state index >= 15 is 0 Å². The minimum Gasteiger partial charge on any atom is -0.458 e. The average Bonchev–Trinajstić information content (AvgIpc) is 2.88. The Morgan fingerprint density at radius 1 is 1.12 bits per heavy atom. The van der Waals surface area contributed by atoms with Gasteiger partial charge in [-0.2, -0.15) is 0 Å². The van der Waals surface area contributed by atoms with Crippen LogP contribution in [0.1, 0.15) is 47.1 Å². The van der Waals surface area contributed by atoms with Crippen molar-refractivity contribution in [2.24, 2.45) is 10.9 Å². The zero-order valence-corrected chi connectivity index (χ0v) is 24.3. The summed E-state index contributed by atoms with van der Waals surface area (Å²) in [6, 6.07) is 13.2. The lowest BCUT2D eigenvalue weighted by Gasteiger charge is -2.24. The van der Waals surface area contributed by atoms with Crippen LogP contribution in [-0.4, -0.2) is 48.4 Å². The molecule has 1 aliphatic heterocycles. The molecular formula is C31H39N4O5+. The number of nitrogens with zero attached hydrogens (tertiary/aromatic N) is 2. The zero-order valence-electron chi connectivity index (χ0n) is 24.3. The van der Waals surface area contributed by atoms with Crippen LogP contribution in [0.5, 0.6) is 0 Å². The Hall–Kier alpha value is -3.98. The third kappa shape index (κ3) is 6.77. The number of rotatable bonds is 8. The van der Waals surface area contributed by atoms with E-state index in [0.717, 1.165) is 38.6 Å². The third-order valence-corrected chi connectivity index (χ3v) is 6.39. The van der Waals surface area contributed by atoms with Crippen LogP contribution >= 0.6 is 0 Å². The molecule has 1 amide bonds. The van der Waals surface area contributed by atoms with Crippen LogP contribution in [0, 0.1) is 12.8 Å². The lowest BCUT2D eigenvalue weighted by Crippen LogP contribution is -2.79. The van der Waals surface area contributed by atoms with E-state index < -0.39 is 23.7 Å². The molecule has 1 atom stereocenters. The number of carbonyl (C=O) groups excluding carboxylic acids is 2. The highest BCUT2D eigenvalue weighted by molar-refractivity contribution is 6.08. The number of ether oxygens (including phenoxy) is 2. The highest BCUT2D eigenvalue weighted by Gasteiger charge is 2.28. The van der Waals surface area contributed by atoms with Gasteiger partial charge in [0, 0.05) is 29.4 Å². The van der Waals surface area contributed by atoms with Crippen molar-refractivity contribution in [1.29, 1.82) is 0 Å². The van der Waals surface area contributed by atoms with Gasteiger partial charge in [0.15, 0.2) is 11.3 Å². The molecule has 9 nitrogen and oxygen atoms in total. The molecule has 2 aromatic carbocycles. The second-order valence-electron chi connectivity index (χ2n) is 11.2. The Balaban J connectivity index is 1.53. The van der Waals surface area contributed by atoms with Crippen molar-refractivity contribution >= 4 is 39.6 Å². The molecule has 40 heavy (non-hydrogen) atoms. The maximum absolute atomic E-state index is 12.8. The topological polar surface area (TPSA) is 120 Å². The number of fused-ring (bicyclic) bond motifs is 4. The highest BCUT2D eigenvalue weighted by atomic mass is 16.6. The molecule has 3 N–H and O–H groups in total. The SMILES string of the molecule is CCN=c1cc2oc3cc([NH2+]CCOC(=O)C(NC(=O)OC(C)(C)C)C(C)C)c4ccccc4c3nc-2cc1C. The Morgan fingerprint density at radius 2 is 1.85 bits per heavy atom. The molecule has 0 saturated carbocycles. The molecule has 1 unspecified atom stereocenters. The molecule has 0 aromatic heterocycles. The summed E-state index contributed by atoms with van der Waals surface area (Å²) in [5.74, 6) is 0.0244. The van der Waals surface area contributed by atoms with E-state index in [-0.39, 0.29) is 12.5 Å². The summed E-state index contributed by atoms with van der Waals surface area (Å²) in [7, 11) is 0. The van der Waals surface area contributed by atoms with Gasteiger partial charge < -0.3 is 24.5 Å². The van der Waals surface area contributed by atoms with E-state index in [1.54, 1.807) is 20.8 Å². The lowest BCUT2D eigenvalue weighted by molar-refractivity contribution is -0.571.